The molecule has 0 unspecified atom stereocenters. The van der Waals surface area contributed by atoms with E-state index in [0.717, 1.165) is 44.2 Å². The van der Waals surface area contributed by atoms with Gasteiger partial charge in [0.2, 0.25) is 0 Å². The summed E-state index contributed by atoms with van der Waals surface area (Å²) in [5.74, 6) is 0. The van der Waals surface area contributed by atoms with Gasteiger partial charge in [-0.2, -0.15) is 5.10 Å². The summed E-state index contributed by atoms with van der Waals surface area (Å²) in [7, 11) is 2.22. The van der Waals surface area contributed by atoms with Gasteiger partial charge < -0.3 is 4.74 Å². The summed E-state index contributed by atoms with van der Waals surface area (Å²) in [6.45, 7) is 9.24. The van der Waals surface area contributed by atoms with Gasteiger partial charge in [-0.05, 0) is 33.0 Å². The first-order chi connectivity index (χ1) is 11.6. The van der Waals surface area contributed by atoms with E-state index in [4.69, 9.17) is 9.84 Å². The third kappa shape index (κ3) is 2.77. The van der Waals surface area contributed by atoms with Crippen LogP contribution in [0.5, 0.6) is 0 Å². The van der Waals surface area contributed by atoms with Crippen molar-refractivity contribution in [3.63, 3.8) is 0 Å². The van der Waals surface area contributed by atoms with E-state index in [1.54, 1.807) is 0 Å². The monoisotopic (exact) mass is 326 g/mol. The Bertz CT molecular complexity index is 712. The first-order valence-electron chi connectivity index (χ1n) is 8.78. The van der Waals surface area contributed by atoms with Crippen LogP contribution < -0.4 is 0 Å². The van der Waals surface area contributed by atoms with Crippen LogP contribution in [-0.4, -0.2) is 65.0 Å². The molecule has 5 heteroatoms. The molecule has 3 heterocycles. The lowest BCUT2D eigenvalue weighted by Crippen LogP contribution is -2.48. The Morgan fingerprint density at radius 2 is 1.96 bits per heavy atom. The number of fused-ring (bicyclic) bond motifs is 1. The van der Waals surface area contributed by atoms with Crippen molar-refractivity contribution in [3.05, 3.63) is 47.3 Å². The van der Waals surface area contributed by atoms with Crippen molar-refractivity contribution in [2.24, 2.45) is 0 Å². The van der Waals surface area contributed by atoms with Crippen LogP contribution in [0.25, 0.3) is 5.69 Å². The highest BCUT2D eigenvalue weighted by Gasteiger charge is 2.38. The molecule has 0 N–H and O–H groups in total. The second-order valence-electron chi connectivity index (χ2n) is 7.05. The molecule has 0 amide bonds. The highest BCUT2D eigenvalue weighted by molar-refractivity contribution is 5.37. The van der Waals surface area contributed by atoms with Crippen LogP contribution in [0.2, 0.25) is 0 Å². The number of likely N-dealkylation sites (N-methyl/N-ethyl adjacent to an activating group) is 1. The fourth-order valence-electron chi connectivity index (χ4n) is 4.01. The van der Waals surface area contributed by atoms with Crippen LogP contribution in [0.3, 0.4) is 0 Å². The number of morpholine rings is 1. The molecule has 0 saturated carbocycles. The Labute approximate surface area is 143 Å². The number of hydrogen-bond acceptors (Lipinski definition) is 4. The Kier molecular flexibility index (Phi) is 4.16. The van der Waals surface area contributed by atoms with E-state index in [2.05, 4.69) is 59.6 Å². The van der Waals surface area contributed by atoms with Gasteiger partial charge in [0.25, 0.3) is 0 Å². The molecule has 2 fully saturated rings. The van der Waals surface area contributed by atoms with Gasteiger partial charge in [-0.15, -0.1) is 0 Å². The van der Waals surface area contributed by atoms with E-state index in [0.29, 0.717) is 12.1 Å². The van der Waals surface area contributed by atoms with Crippen molar-refractivity contribution < 1.29 is 4.74 Å². The van der Waals surface area contributed by atoms with Crippen LogP contribution in [-0.2, 0) is 11.3 Å². The van der Waals surface area contributed by atoms with E-state index in [1.807, 2.05) is 6.07 Å². The third-order valence-corrected chi connectivity index (χ3v) is 5.48. The molecule has 4 rings (SSSR count). The van der Waals surface area contributed by atoms with E-state index in [1.165, 1.54) is 11.3 Å². The van der Waals surface area contributed by atoms with Gasteiger partial charge in [0, 0.05) is 43.5 Å². The molecule has 2 saturated heterocycles. The molecule has 0 bridgehead atoms. The number of nitrogens with zero attached hydrogens (tertiary/aromatic N) is 4. The lowest BCUT2D eigenvalue weighted by atomic mass is 10.1. The molecule has 24 heavy (non-hydrogen) atoms. The van der Waals surface area contributed by atoms with Crippen molar-refractivity contribution in [2.75, 3.05) is 33.3 Å². The van der Waals surface area contributed by atoms with Gasteiger partial charge in [-0.1, -0.05) is 18.2 Å². The van der Waals surface area contributed by atoms with Gasteiger partial charge >= 0.3 is 0 Å². The first-order valence-corrected chi connectivity index (χ1v) is 8.78. The predicted molar refractivity (Wildman–Crippen MR) is 94.5 cm³/mol. The van der Waals surface area contributed by atoms with Gasteiger partial charge in [-0.25, -0.2) is 4.68 Å². The smallest absolute Gasteiger partial charge is 0.0869 e. The average molecular weight is 326 g/mol. The van der Waals surface area contributed by atoms with E-state index < -0.39 is 0 Å². The fraction of sp³-hybridized carbons (Fsp3) is 0.526. The van der Waals surface area contributed by atoms with E-state index in [9.17, 15) is 0 Å². The van der Waals surface area contributed by atoms with Crippen LogP contribution in [0.15, 0.2) is 30.3 Å². The Balaban J connectivity index is 1.54. The third-order valence-electron chi connectivity index (χ3n) is 5.48. The lowest BCUT2D eigenvalue weighted by molar-refractivity contribution is -0.0370. The first kappa shape index (κ1) is 15.8. The van der Waals surface area contributed by atoms with Crippen LogP contribution in [0, 0.1) is 13.8 Å². The number of benzene rings is 1. The van der Waals surface area contributed by atoms with Crippen LogP contribution in [0.4, 0.5) is 0 Å². The topological polar surface area (TPSA) is 33.5 Å². The minimum absolute atomic E-state index is 0.355. The largest absolute Gasteiger partial charge is 0.374 e. The summed E-state index contributed by atoms with van der Waals surface area (Å²) >= 11 is 0. The number of likely N-dealkylation sites (tertiary alicyclic amines) is 1. The molecule has 2 atom stereocenters. The maximum Gasteiger partial charge on any atom is 0.0869 e. The molecule has 2 aromatic rings. The number of aryl methyl sites for hydroxylation is 1. The lowest BCUT2D eigenvalue weighted by Gasteiger charge is -2.33. The fourth-order valence-corrected chi connectivity index (χ4v) is 4.01. The highest BCUT2D eigenvalue weighted by Crippen LogP contribution is 2.25. The highest BCUT2D eigenvalue weighted by atomic mass is 16.5. The SMILES string of the molecule is Cc1nn(-c2ccccc2)c(C)c1CN1C[C@@H]2[C@@H](C1)OCCN2C. The van der Waals surface area contributed by atoms with Crippen LogP contribution >= 0.6 is 0 Å². The number of ether oxygens (including phenoxy) is 1. The standard InChI is InChI=1S/C19H26N4O/c1-14-17(15(2)23(20-14)16-7-5-4-6-8-16)11-22-12-18-19(13-22)24-10-9-21(18)3/h4-8,18-19H,9-13H2,1-3H3/t18-,19-/m1/s1. The van der Waals surface area contributed by atoms with Crippen molar-refractivity contribution in [2.45, 2.75) is 32.5 Å². The summed E-state index contributed by atoms with van der Waals surface area (Å²) in [6, 6.07) is 10.9. The molecule has 2 aliphatic rings. The minimum atomic E-state index is 0.355. The summed E-state index contributed by atoms with van der Waals surface area (Å²) in [4.78, 5) is 4.96. The minimum Gasteiger partial charge on any atom is -0.374 e. The molecule has 1 aromatic carbocycles. The predicted octanol–water partition coefficient (Wildman–Crippen LogP) is 2.00. The summed E-state index contributed by atoms with van der Waals surface area (Å²) in [5, 5.41) is 4.78. The van der Waals surface area contributed by atoms with Crippen molar-refractivity contribution >= 4 is 0 Å². The molecule has 0 radical (unpaired) electrons. The Hall–Kier alpha value is -1.69. The maximum absolute atomic E-state index is 5.97. The molecular formula is C19H26N4O. The number of rotatable bonds is 3. The normalized spacial score (nSPS) is 25.1. The summed E-state index contributed by atoms with van der Waals surface area (Å²) in [6.07, 6.45) is 0.355. The summed E-state index contributed by atoms with van der Waals surface area (Å²) < 4.78 is 8.04. The number of aromatic nitrogens is 2. The molecule has 0 spiro atoms. The molecule has 5 nitrogen and oxygen atoms in total. The van der Waals surface area contributed by atoms with Crippen molar-refractivity contribution in [1.82, 2.24) is 19.6 Å². The van der Waals surface area contributed by atoms with Crippen molar-refractivity contribution in [3.8, 4) is 5.69 Å². The molecule has 128 valence electrons. The zero-order valence-electron chi connectivity index (χ0n) is 14.8. The van der Waals surface area contributed by atoms with Gasteiger partial charge in [-0.3, -0.25) is 9.80 Å². The molecule has 1 aromatic heterocycles. The zero-order valence-corrected chi connectivity index (χ0v) is 14.8. The second kappa shape index (κ2) is 6.31. The van der Waals surface area contributed by atoms with Gasteiger partial charge in [0.05, 0.1) is 24.1 Å². The Morgan fingerprint density at radius 3 is 2.71 bits per heavy atom. The van der Waals surface area contributed by atoms with E-state index in [-0.39, 0.29) is 0 Å². The van der Waals surface area contributed by atoms with Gasteiger partial charge in [0.15, 0.2) is 0 Å². The van der Waals surface area contributed by atoms with E-state index >= 15 is 0 Å². The van der Waals surface area contributed by atoms with Crippen molar-refractivity contribution in [1.29, 1.82) is 0 Å². The molecule has 0 aliphatic carbocycles. The number of hydrogen-bond donors (Lipinski definition) is 0. The molecule has 2 aliphatic heterocycles. The van der Waals surface area contributed by atoms with Crippen LogP contribution in [0.1, 0.15) is 17.0 Å². The summed E-state index contributed by atoms with van der Waals surface area (Å²) in [5.41, 5.74) is 4.84. The molecular weight excluding hydrogens is 300 g/mol. The van der Waals surface area contributed by atoms with Gasteiger partial charge in [0.1, 0.15) is 0 Å². The Morgan fingerprint density at radius 1 is 1.17 bits per heavy atom. The zero-order chi connectivity index (χ0) is 16.7. The second-order valence-corrected chi connectivity index (χ2v) is 7.05. The maximum atomic E-state index is 5.97. The number of para-hydroxylation sites is 1. The average Bonchev–Trinajstić information content (AvgIpc) is 3.13. The quantitative estimate of drug-likeness (QED) is 0.864.